The van der Waals surface area contributed by atoms with Crippen LogP contribution in [0.15, 0.2) is 4.99 Å². The number of halogens is 1. The number of hydrogen-bond donors (Lipinski definition) is 2. The van der Waals surface area contributed by atoms with Crippen molar-refractivity contribution in [3.8, 4) is 0 Å². The highest BCUT2D eigenvalue weighted by molar-refractivity contribution is 14.0. The lowest BCUT2D eigenvalue weighted by Crippen LogP contribution is -2.48. The number of carbonyl (C=O) groups excluding carboxylic acids is 1. The molecule has 3 fully saturated rings. The van der Waals surface area contributed by atoms with Crippen LogP contribution in [0.1, 0.15) is 45.4 Å². The van der Waals surface area contributed by atoms with E-state index in [0.717, 1.165) is 51.3 Å². The zero-order chi connectivity index (χ0) is 15.4. The molecule has 3 atom stereocenters. The van der Waals surface area contributed by atoms with Crippen molar-refractivity contribution in [2.75, 3.05) is 26.2 Å². The molecule has 0 aliphatic carbocycles. The Hall–Kier alpha value is -0.570. The molecule has 3 saturated heterocycles. The molecule has 132 valence electrons. The fourth-order valence-corrected chi connectivity index (χ4v) is 3.68. The summed E-state index contributed by atoms with van der Waals surface area (Å²) < 4.78 is 5.86. The molecule has 3 aliphatic rings. The number of carbonyl (C=O) groups is 1. The molecule has 0 spiro atoms. The maximum Gasteiger partial charge on any atom is 0.244 e. The van der Waals surface area contributed by atoms with Crippen molar-refractivity contribution in [2.24, 2.45) is 4.99 Å². The molecule has 2 bridgehead atoms. The van der Waals surface area contributed by atoms with Gasteiger partial charge in [-0.1, -0.05) is 0 Å². The van der Waals surface area contributed by atoms with Crippen LogP contribution in [-0.4, -0.2) is 61.2 Å². The Balaban J connectivity index is 0.00000192. The quantitative estimate of drug-likeness (QED) is 0.398. The van der Waals surface area contributed by atoms with Gasteiger partial charge in [0, 0.05) is 19.6 Å². The van der Waals surface area contributed by atoms with Gasteiger partial charge in [0.25, 0.3) is 0 Å². The Morgan fingerprint density at radius 1 is 1.26 bits per heavy atom. The van der Waals surface area contributed by atoms with E-state index in [1.165, 1.54) is 12.8 Å². The first-order chi connectivity index (χ1) is 10.8. The molecule has 0 aromatic carbocycles. The van der Waals surface area contributed by atoms with Crippen LogP contribution in [-0.2, 0) is 9.53 Å². The average Bonchev–Trinajstić information content (AvgIpc) is 3.16. The van der Waals surface area contributed by atoms with Crippen LogP contribution < -0.4 is 10.6 Å². The molecule has 3 heterocycles. The van der Waals surface area contributed by atoms with Gasteiger partial charge in [0.1, 0.15) is 6.54 Å². The second-order valence-electron chi connectivity index (χ2n) is 6.50. The van der Waals surface area contributed by atoms with Crippen molar-refractivity contribution >= 4 is 35.8 Å². The molecule has 23 heavy (non-hydrogen) atoms. The summed E-state index contributed by atoms with van der Waals surface area (Å²) in [7, 11) is 0. The second-order valence-corrected chi connectivity index (χ2v) is 6.50. The first-order valence-corrected chi connectivity index (χ1v) is 8.74. The van der Waals surface area contributed by atoms with Crippen LogP contribution in [0.2, 0.25) is 0 Å². The smallest absolute Gasteiger partial charge is 0.244 e. The van der Waals surface area contributed by atoms with Crippen LogP contribution in [0.25, 0.3) is 0 Å². The molecular formula is C16H29IN4O2. The summed E-state index contributed by atoms with van der Waals surface area (Å²) >= 11 is 0. The van der Waals surface area contributed by atoms with Gasteiger partial charge < -0.3 is 20.3 Å². The van der Waals surface area contributed by atoms with Crippen molar-refractivity contribution in [3.05, 3.63) is 0 Å². The molecule has 1 amide bonds. The van der Waals surface area contributed by atoms with Crippen LogP contribution >= 0.6 is 24.0 Å². The number of nitrogens with zero attached hydrogens (tertiary/aromatic N) is 2. The summed E-state index contributed by atoms with van der Waals surface area (Å²) in [6, 6.07) is 0.335. The summed E-state index contributed by atoms with van der Waals surface area (Å²) in [4.78, 5) is 18.6. The van der Waals surface area contributed by atoms with Crippen LogP contribution in [0.5, 0.6) is 0 Å². The minimum atomic E-state index is 0. The Morgan fingerprint density at radius 3 is 2.65 bits per heavy atom. The van der Waals surface area contributed by atoms with Gasteiger partial charge in [-0.25, -0.2) is 4.99 Å². The third-order valence-electron chi connectivity index (χ3n) is 4.85. The van der Waals surface area contributed by atoms with Gasteiger partial charge >= 0.3 is 0 Å². The van der Waals surface area contributed by atoms with Gasteiger partial charge in [0.2, 0.25) is 5.91 Å². The van der Waals surface area contributed by atoms with Crippen molar-refractivity contribution in [2.45, 2.75) is 63.7 Å². The first kappa shape index (κ1) is 18.8. The highest BCUT2D eigenvalue weighted by Crippen LogP contribution is 2.34. The Labute approximate surface area is 155 Å². The lowest BCUT2D eigenvalue weighted by Gasteiger charge is -2.26. The predicted octanol–water partition coefficient (Wildman–Crippen LogP) is 1.49. The first-order valence-electron chi connectivity index (χ1n) is 8.74. The van der Waals surface area contributed by atoms with E-state index in [2.05, 4.69) is 15.6 Å². The van der Waals surface area contributed by atoms with Gasteiger partial charge in [-0.2, -0.15) is 0 Å². The number of rotatable bonds is 4. The topological polar surface area (TPSA) is 66.0 Å². The third kappa shape index (κ3) is 4.95. The van der Waals surface area contributed by atoms with Gasteiger partial charge in [-0.3, -0.25) is 4.79 Å². The highest BCUT2D eigenvalue weighted by atomic mass is 127. The number of fused-ring (bicyclic) bond motifs is 2. The molecule has 3 rings (SSSR count). The summed E-state index contributed by atoms with van der Waals surface area (Å²) in [5, 5.41) is 6.69. The van der Waals surface area contributed by atoms with E-state index in [1.54, 1.807) is 0 Å². The van der Waals surface area contributed by atoms with E-state index >= 15 is 0 Å². The molecule has 0 aromatic heterocycles. The Kier molecular flexibility index (Phi) is 7.39. The minimum absolute atomic E-state index is 0. The van der Waals surface area contributed by atoms with E-state index in [9.17, 15) is 4.79 Å². The lowest BCUT2D eigenvalue weighted by atomic mass is 9.96. The molecular weight excluding hydrogens is 407 g/mol. The standard InChI is InChI=1S/C16H28N4O2.HI/c1-2-17-16(19-13-10-12-6-7-14(13)22-12)18-11-15(21)20-8-4-3-5-9-20;/h12-14H,2-11H2,1H3,(H2,17,18,19);1H. The fraction of sp³-hybridized carbons (Fsp3) is 0.875. The summed E-state index contributed by atoms with van der Waals surface area (Å²) in [6.45, 7) is 4.85. The van der Waals surface area contributed by atoms with Crippen LogP contribution in [0, 0.1) is 0 Å². The van der Waals surface area contributed by atoms with E-state index in [1.807, 2.05) is 11.8 Å². The number of piperidine rings is 1. The summed E-state index contributed by atoms with van der Waals surface area (Å²) in [6.07, 6.45) is 7.58. The van der Waals surface area contributed by atoms with Crippen LogP contribution in [0.4, 0.5) is 0 Å². The van der Waals surface area contributed by atoms with Gasteiger partial charge in [-0.05, 0) is 45.4 Å². The van der Waals surface area contributed by atoms with Gasteiger partial charge in [-0.15, -0.1) is 24.0 Å². The third-order valence-corrected chi connectivity index (χ3v) is 4.85. The molecule has 7 heteroatoms. The van der Waals surface area contributed by atoms with Gasteiger partial charge in [0.15, 0.2) is 5.96 Å². The Bertz CT molecular complexity index is 426. The largest absolute Gasteiger partial charge is 0.373 e. The maximum absolute atomic E-state index is 12.2. The second kappa shape index (κ2) is 9.05. The number of aliphatic imine (C=N–C) groups is 1. The SMILES string of the molecule is CCNC(=NCC(=O)N1CCCCC1)NC1CC2CCC1O2.I. The predicted molar refractivity (Wildman–Crippen MR) is 101 cm³/mol. The zero-order valence-corrected chi connectivity index (χ0v) is 16.3. The molecule has 0 saturated carbocycles. The number of likely N-dealkylation sites (tertiary alicyclic amines) is 1. The van der Waals surface area contributed by atoms with Crippen molar-refractivity contribution in [1.82, 2.24) is 15.5 Å². The average molecular weight is 436 g/mol. The fourth-order valence-electron chi connectivity index (χ4n) is 3.68. The molecule has 3 unspecified atom stereocenters. The maximum atomic E-state index is 12.2. The van der Waals surface area contributed by atoms with E-state index in [4.69, 9.17) is 4.74 Å². The Morgan fingerprint density at radius 2 is 2.04 bits per heavy atom. The van der Waals surface area contributed by atoms with Crippen molar-refractivity contribution in [1.29, 1.82) is 0 Å². The number of ether oxygens (including phenoxy) is 1. The molecule has 0 radical (unpaired) electrons. The monoisotopic (exact) mass is 436 g/mol. The van der Waals surface area contributed by atoms with E-state index in [0.29, 0.717) is 18.2 Å². The number of nitrogens with one attached hydrogen (secondary N) is 2. The number of amides is 1. The summed E-state index contributed by atoms with van der Waals surface area (Å²) in [5.74, 6) is 0.884. The van der Waals surface area contributed by atoms with Crippen molar-refractivity contribution in [3.63, 3.8) is 0 Å². The normalized spacial score (nSPS) is 30.0. The molecule has 0 aromatic rings. The number of guanidine groups is 1. The lowest BCUT2D eigenvalue weighted by molar-refractivity contribution is -0.130. The van der Waals surface area contributed by atoms with Crippen molar-refractivity contribution < 1.29 is 9.53 Å². The zero-order valence-electron chi connectivity index (χ0n) is 13.9. The van der Waals surface area contributed by atoms with E-state index < -0.39 is 0 Å². The molecule has 2 N–H and O–H groups in total. The highest BCUT2D eigenvalue weighted by Gasteiger charge is 2.41. The minimum Gasteiger partial charge on any atom is -0.373 e. The van der Waals surface area contributed by atoms with Crippen LogP contribution in [0.3, 0.4) is 0 Å². The van der Waals surface area contributed by atoms with E-state index in [-0.39, 0.29) is 36.4 Å². The molecule has 6 nitrogen and oxygen atoms in total. The summed E-state index contributed by atoms with van der Waals surface area (Å²) in [5.41, 5.74) is 0. The molecule has 3 aliphatic heterocycles. The van der Waals surface area contributed by atoms with Gasteiger partial charge in [0.05, 0.1) is 18.2 Å². The number of hydrogen-bond acceptors (Lipinski definition) is 3.